The number of ether oxygens (including phenoxy) is 1. The van der Waals surface area contributed by atoms with E-state index in [0.717, 1.165) is 5.56 Å². The van der Waals surface area contributed by atoms with Crippen LogP contribution in [0.25, 0.3) is 11.1 Å². The van der Waals surface area contributed by atoms with Crippen molar-refractivity contribution in [3.63, 3.8) is 0 Å². The number of methoxy groups -OCH3 is 1. The first-order valence-corrected chi connectivity index (χ1v) is 5.70. The van der Waals surface area contributed by atoms with E-state index in [1.807, 2.05) is 13.0 Å². The molecular weight excluding hydrogens is 247 g/mol. The lowest BCUT2D eigenvalue weighted by atomic mass is 10.0. The summed E-state index contributed by atoms with van der Waals surface area (Å²) in [7, 11) is 1.20. The minimum Gasteiger partial charge on any atom is -0.508 e. The molecule has 4 heteroatoms. The van der Waals surface area contributed by atoms with Gasteiger partial charge in [-0.3, -0.25) is 0 Å². The minimum atomic E-state index is -0.726. The highest BCUT2D eigenvalue weighted by Crippen LogP contribution is 2.27. The Balaban J connectivity index is 2.54. The number of rotatable bonds is 2. The number of carbonyl (C=O) groups excluding carboxylic acids is 1. The molecule has 3 nitrogen and oxygen atoms in total. The van der Waals surface area contributed by atoms with Crippen molar-refractivity contribution in [1.82, 2.24) is 0 Å². The van der Waals surface area contributed by atoms with E-state index in [4.69, 9.17) is 0 Å². The van der Waals surface area contributed by atoms with Crippen LogP contribution in [0.1, 0.15) is 15.9 Å². The highest BCUT2D eigenvalue weighted by molar-refractivity contribution is 5.91. The molecule has 1 N–H and O–H groups in total. The Morgan fingerprint density at radius 1 is 1.16 bits per heavy atom. The van der Waals surface area contributed by atoms with Gasteiger partial charge in [0.2, 0.25) is 0 Å². The zero-order valence-corrected chi connectivity index (χ0v) is 10.6. The van der Waals surface area contributed by atoms with Gasteiger partial charge < -0.3 is 9.84 Å². The van der Waals surface area contributed by atoms with Gasteiger partial charge in [-0.15, -0.1) is 0 Å². The molecule has 0 aliphatic heterocycles. The third kappa shape index (κ3) is 2.73. The maximum Gasteiger partial charge on any atom is 0.340 e. The molecule has 0 aliphatic carbocycles. The number of hydrogen-bond acceptors (Lipinski definition) is 3. The topological polar surface area (TPSA) is 46.5 Å². The van der Waals surface area contributed by atoms with Gasteiger partial charge in [0, 0.05) is 0 Å². The first-order chi connectivity index (χ1) is 9.01. The Morgan fingerprint density at radius 3 is 2.53 bits per heavy atom. The van der Waals surface area contributed by atoms with E-state index in [9.17, 15) is 14.3 Å². The minimum absolute atomic E-state index is 0.124. The normalized spacial score (nSPS) is 10.3. The highest BCUT2D eigenvalue weighted by Gasteiger charge is 2.13. The van der Waals surface area contributed by atoms with Crippen molar-refractivity contribution in [1.29, 1.82) is 0 Å². The molecule has 0 saturated carbocycles. The number of aryl methyl sites for hydroxylation is 1. The van der Waals surface area contributed by atoms with Crippen molar-refractivity contribution in [2.45, 2.75) is 6.92 Å². The zero-order valence-electron chi connectivity index (χ0n) is 10.6. The van der Waals surface area contributed by atoms with Crippen LogP contribution in [0.2, 0.25) is 0 Å². The quantitative estimate of drug-likeness (QED) is 0.843. The fraction of sp³-hybridized carbons (Fsp3) is 0.133. The summed E-state index contributed by atoms with van der Waals surface area (Å²) in [5.41, 5.74) is 2.10. The van der Waals surface area contributed by atoms with Gasteiger partial charge in [-0.25, -0.2) is 9.18 Å². The lowest BCUT2D eigenvalue weighted by Gasteiger charge is -2.07. The summed E-state index contributed by atoms with van der Waals surface area (Å²) in [5.74, 6) is -1.23. The number of hydrogen-bond donors (Lipinski definition) is 1. The second-order valence-corrected chi connectivity index (χ2v) is 4.24. The van der Waals surface area contributed by atoms with Gasteiger partial charge in [0.1, 0.15) is 11.6 Å². The van der Waals surface area contributed by atoms with E-state index in [0.29, 0.717) is 11.1 Å². The molecule has 0 aliphatic rings. The Labute approximate surface area is 110 Å². The maximum absolute atomic E-state index is 13.5. The summed E-state index contributed by atoms with van der Waals surface area (Å²) in [6.07, 6.45) is 0. The van der Waals surface area contributed by atoms with Crippen molar-refractivity contribution in [3.05, 3.63) is 53.3 Å². The molecule has 2 aromatic rings. The van der Waals surface area contributed by atoms with Crippen LogP contribution in [0.15, 0.2) is 36.4 Å². The monoisotopic (exact) mass is 260 g/mol. The zero-order chi connectivity index (χ0) is 14.0. The molecule has 0 fully saturated rings. The molecular formula is C15H13FO3. The lowest BCUT2D eigenvalue weighted by molar-refractivity contribution is 0.0595. The number of phenols is 1. The van der Waals surface area contributed by atoms with E-state index in [-0.39, 0.29) is 11.3 Å². The average Bonchev–Trinajstić information content (AvgIpc) is 2.37. The average molecular weight is 260 g/mol. The first kappa shape index (κ1) is 13.1. The summed E-state index contributed by atoms with van der Waals surface area (Å²) in [5, 5.41) is 9.57. The van der Waals surface area contributed by atoms with Crippen LogP contribution in [0.3, 0.4) is 0 Å². The molecule has 19 heavy (non-hydrogen) atoms. The van der Waals surface area contributed by atoms with E-state index < -0.39 is 11.8 Å². The number of benzene rings is 2. The predicted octanol–water partition coefficient (Wildman–Crippen LogP) is 3.29. The molecule has 0 amide bonds. The van der Waals surface area contributed by atoms with Crippen LogP contribution in [-0.4, -0.2) is 18.2 Å². The van der Waals surface area contributed by atoms with Gasteiger partial charge in [0.15, 0.2) is 0 Å². The highest BCUT2D eigenvalue weighted by atomic mass is 19.1. The van der Waals surface area contributed by atoms with Crippen molar-refractivity contribution in [2.75, 3.05) is 7.11 Å². The van der Waals surface area contributed by atoms with Crippen LogP contribution in [0.4, 0.5) is 4.39 Å². The van der Waals surface area contributed by atoms with Crippen molar-refractivity contribution in [2.24, 2.45) is 0 Å². The summed E-state index contributed by atoms with van der Waals surface area (Å²) in [4.78, 5) is 11.4. The van der Waals surface area contributed by atoms with Crippen molar-refractivity contribution in [3.8, 4) is 16.9 Å². The number of carbonyl (C=O) groups is 1. The molecule has 0 saturated heterocycles. The molecule has 0 aromatic heterocycles. The van der Waals surface area contributed by atoms with E-state index in [1.165, 1.54) is 19.2 Å². The first-order valence-electron chi connectivity index (χ1n) is 5.70. The molecule has 0 atom stereocenters. The van der Waals surface area contributed by atoms with Crippen LogP contribution in [0.5, 0.6) is 5.75 Å². The fourth-order valence-corrected chi connectivity index (χ4v) is 1.90. The third-order valence-electron chi connectivity index (χ3n) is 2.77. The van der Waals surface area contributed by atoms with Crippen LogP contribution in [-0.2, 0) is 4.74 Å². The van der Waals surface area contributed by atoms with Crippen LogP contribution >= 0.6 is 0 Å². The molecule has 0 unspecified atom stereocenters. The van der Waals surface area contributed by atoms with Gasteiger partial charge in [-0.2, -0.15) is 0 Å². The second-order valence-electron chi connectivity index (χ2n) is 4.24. The number of halogens is 1. The van der Waals surface area contributed by atoms with Crippen LogP contribution < -0.4 is 0 Å². The van der Waals surface area contributed by atoms with Crippen LogP contribution in [0, 0.1) is 12.7 Å². The summed E-state index contributed by atoms with van der Waals surface area (Å²) in [6.45, 7) is 1.84. The Bertz CT molecular complexity index is 615. The second kappa shape index (κ2) is 5.10. The van der Waals surface area contributed by atoms with Gasteiger partial charge in [0.05, 0.1) is 12.7 Å². The Morgan fingerprint density at radius 2 is 1.89 bits per heavy atom. The van der Waals surface area contributed by atoms with E-state index in [1.54, 1.807) is 18.2 Å². The van der Waals surface area contributed by atoms with Gasteiger partial charge in [-0.1, -0.05) is 12.1 Å². The molecule has 0 bridgehead atoms. The van der Waals surface area contributed by atoms with E-state index in [2.05, 4.69) is 4.74 Å². The lowest BCUT2D eigenvalue weighted by Crippen LogP contribution is -2.04. The molecule has 2 rings (SSSR count). The van der Waals surface area contributed by atoms with E-state index >= 15 is 0 Å². The van der Waals surface area contributed by atoms with Crippen molar-refractivity contribution >= 4 is 5.97 Å². The molecule has 0 radical (unpaired) electrons. The fourth-order valence-electron chi connectivity index (χ4n) is 1.90. The smallest absolute Gasteiger partial charge is 0.340 e. The summed E-state index contributed by atoms with van der Waals surface area (Å²) >= 11 is 0. The number of esters is 1. The number of phenolic OH excluding ortho intramolecular Hbond substituents is 1. The third-order valence-corrected chi connectivity index (χ3v) is 2.77. The summed E-state index contributed by atoms with van der Waals surface area (Å²) < 4.78 is 18.1. The van der Waals surface area contributed by atoms with Gasteiger partial charge in [-0.05, 0) is 47.9 Å². The predicted molar refractivity (Wildman–Crippen MR) is 69.6 cm³/mol. The van der Waals surface area contributed by atoms with Gasteiger partial charge >= 0.3 is 5.97 Å². The molecule has 2 aromatic carbocycles. The van der Waals surface area contributed by atoms with Crippen molar-refractivity contribution < 1.29 is 19.0 Å². The number of aromatic hydroxyl groups is 1. The molecule has 0 heterocycles. The largest absolute Gasteiger partial charge is 0.508 e. The SMILES string of the molecule is COC(=O)c1cc(-c2cc(C)cc(O)c2)ccc1F. The molecule has 0 spiro atoms. The van der Waals surface area contributed by atoms with Gasteiger partial charge in [0.25, 0.3) is 0 Å². The Kier molecular flexibility index (Phi) is 3.51. The maximum atomic E-state index is 13.5. The summed E-state index contributed by atoms with van der Waals surface area (Å²) in [6, 6.07) is 9.19. The Hall–Kier alpha value is -2.36. The molecule has 98 valence electrons. The standard InChI is InChI=1S/C15H13FO3/c1-9-5-11(7-12(17)6-9)10-3-4-14(16)13(8-10)15(18)19-2/h3-8,17H,1-2H3.